The van der Waals surface area contributed by atoms with Gasteiger partial charge in [-0.3, -0.25) is 9.59 Å². The SMILES string of the molecule is CC(C)(C)[C@@H](CC(=O)OCc1ccccc1)C(=O)O. The number of carboxylic acid groups (broad SMARTS) is 1. The van der Waals surface area contributed by atoms with Crippen LogP contribution < -0.4 is 0 Å². The Labute approximate surface area is 113 Å². The Kier molecular flexibility index (Phi) is 5.10. The molecular formula is C15H20O4. The third-order valence-corrected chi connectivity index (χ3v) is 2.96. The van der Waals surface area contributed by atoms with Crippen molar-refractivity contribution in [1.82, 2.24) is 0 Å². The molecule has 0 unspecified atom stereocenters. The van der Waals surface area contributed by atoms with Crippen molar-refractivity contribution in [3.05, 3.63) is 35.9 Å². The first kappa shape index (κ1) is 15.2. The average Bonchev–Trinajstić information content (AvgIpc) is 2.33. The van der Waals surface area contributed by atoms with Crippen LogP contribution in [-0.2, 0) is 20.9 Å². The highest BCUT2D eigenvalue weighted by molar-refractivity contribution is 5.79. The summed E-state index contributed by atoms with van der Waals surface area (Å²) in [4.78, 5) is 22.8. The van der Waals surface area contributed by atoms with E-state index < -0.39 is 23.3 Å². The van der Waals surface area contributed by atoms with Crippen LogP contribution in [0.4, 0.5) is 0 Å². The zero-order valence-electron chi connectivity index (χ0n) is 11.6. The van der Waals surface area contributed by atoms with E-state index in [1.807, 2.05) is 30.3 Å². The normalized spacial score (nSPS) is 12.8. The van der Waals surface area contributed by atoms with Crippen molar-refractivity contribution < 1.29 is 19.4 Å². The maximum Gasteiger partial charge on any atom is 0.307 e. The minimum atomic E-state index is -0.968. The Morgan fingerprint density at radius 1 is 1.21 bits per heavy atom. The van der Waals surface area contributed by atoms with Gasteiger partial charge in [0, 0.05) is 0 Å². The molecule has 104 valence electrons. The fraction of sp³-hybridized carbons (Fsp3) is 0.467. The maximum atomic E-state index is 11.7. The first-order valence-corrected chi connectivity index (χ1v) is 6.23. The summed E-state index contributed by atoms with van der Waals surface area (Å²) in [6.07, 6.45) is -0.105. The smallest absolute Gasteiger partial charge is 0.307 e. The van der Waals surface area contributed by atoms with E-state index in [4.69, 9.17) is 9.84 Å². The van der Waals surface area contributed by atoms with E-state index in [2.05, 4.69) is 0 Å². The zero-order chi connectivity index (χ0) is 14.5. The van der Waals surface area contributed by atoms with Crippen LogP contribution in [0.5, 0.6) is 0 Å². The number of carboxylic acids is 1. The molecule has 0 aliphatic heterocycles. The summed E-state index contributed by atoms with van der Waals surface area (Å²) in [5.41, 5.74) is 0.413. The molecule has 1 N–H and O–H groups in total. The van der Waals surface area contributed by atoms with Gasteiger partial charge >= 0.3 is 11.9 Å². The summed E-state index contributed by atoms with van der Waals surface area (Å²) in [6.45, 7) is 5.58. The summed E-state index contributed by atoms with van der Waals surface area (Å²) in [5, 5.41) is 9.14. The number of hydrogen-bond acceptors (Lipinski definition) is 3. The lowest BCUT2D eigenvalue weighted by Gasteiger charge is -2.26. The first-order chi connectivity index (χ1) is 8.80. The van der Waals surface area contributed by atoms with Crippen LogP contribution in [0.15, 0.2) is 30.3 Å². The van der Waals surface area contributed by atoms with Gasteiger partial charge in [0.2, 0.25) is 0 Å². The van der Waals surface area contributed by atoms with Crippen molar-refractivity contribution in [2.24, 2.45) is 11.3 Å². The van der Waals surface area contributed by atoms with E-state index in [0.717, 1.165) is 5.56 Å². The van der Waals surface area contributed by atoms with Gasteiger partial charge in [-0.2, -0.15) is 0 Å². The van der Waals surface area contributed by atoms with Gasteiger partial charge in [-0.1, -0.05) is 51.1 Å². The molecule has 1 rings (SSSR count). The molecule has 0 radical (unpaired) electrons. The summed E-state index contributed by atoms with van der Waals surface area (Å²) in [6, 6.07) is 9.31. The van der Waals surface area contributed by atoms with Crippen molar-refractivity contribution in [2.75, 3.05) is 0 Å². The molecule has 0 spiro atoms. The summed E-state index contributed by atoms with van der Waals surface area (Å²) >= 11 is 0. The second-order valence-electron chi connectivity index (χ2n) is 5.61. The lowest BCUT2D eigenvalue weighted by molar-refractivity contribution is -0.155. The molecule has 0 heterocycles. The molecule has 4 nitrogen and oxygen atoms in total. The van der Waals surface area contributed by atoms with E-state index in [-0.39, 0.29) is 13.0 Å². The Hall–Kier alpha value is -1.84. The Morgan fingerprint density at radius 2 is 1.79 bits per heavy atom. The number of carbonyl (C=O) groups excluding carboxylic acids is 1. The van der Waals surface area contributed by atoms with Gasteiger partial charge in [0.1, 0.15) is 6.61 Å². The van der Waals surface area contributed by atoms with Crippen LogP contribution in [0.2, 0.25) is 0 Å². The predicted molar refractivity (Wildman–Crippen MR) is 71.4 cm³/mol. The maximum absolute atomic E-state index is 11.7. The Balaban J connectivity index is 2.52. The molecule has 0 amide bonds. The minimum absolute atomic E-state index is 0.105. The second kappa shape index (κ2) is 6.36. The second-order valence-corrected chi connectivity index (χ2v) is 5.61. The summed E-state index contributed by atoms with van der Waals surface area (Å²) < 4.78 is 5.10. The van der Waals surface area contributed by atoms with E-state index in [9.17, 15) is 9.59 Å². The fourth-order valence-electron chi connectivity index (χ4n) is 1.73. The van der Waals surface area contributed by atoms with Gasteiger partial charge < -0.3 is 9.84 Å². The van der Waals surface area contributed by atoms with Gasteiger partial charge in [-0.05, 0) is 11.0 Å². The summed E-state index contributed by atoms with van der Waals surface area (Å²) in [5.74, 6) is -2.19. The average molecular weight is 264 g/mol. The molecule has 1 aromatic rings. The Morgan fingerprint density at radius 3 is 2.26 bits per heavy atom. The lowest BCUT2D eigenvalue weighted by Crippen LogP contribution is -2.31. The number of benzene rings is 1. The largest absolute Gasteiger partial charge is 0.481 e. The lowest BCUT2D eigenvalue weighted by atomic mass is 9.79. The number of hydrogen-bond donors (Lipinski definition) is 1. The molecular weight excluding hydrogens is 244 g/mol. The molecule has 0 fully saturated rings. The van der Waals surface area contributed by atoms with Crippen LogP contribution in [-0.4, -0.2) is 17.0 Å². The highest BCUT2D eigenvalue weighted by Crippen LogP contribution is 2.29. The first-order valence-electron chi connectivity index (χ1n) is 6.23. The van der Waals surface area contributed by atoms with Crippen LogP contribution in [0.25, 0.3) is 0 Å². The van der Waals surface area contributed by atoms with Crippen LogP contribution in [0, 0.1) is 11.3 Å². The van der Waals surface area contributed by atoms with Gasteiger partial charge in [-0.25, -0.2) is 0 Å². The van der Waals surface area contributed by atoms with Crippen LogP contribution in [0.3, 0.4) is 0 Å². The third kappa shape index (κ3) is 5.12. The van der Waals surface area contributed by atoms with Gasteiger partial charge in [0.05, 0.1) is 12.3 Å². The quantitative estimate of drug-likeness (QED) is 0.830. The van der Waals surface area contributed by atoms with E-state index in [1.54, 1.807) is 20.8 Å². The van der Waals surface area contributed by atoms with E-state index >= 15 is 0 Å². The van der Waals surface area contributed by atoms with E-state index in [0.29, 0.717) is 0 Å². The zero-order valence-corrected chi connectivity index (χ0v) is 11.6. The topological polar surface area (TPSA) is 63.6 Å². The number of aliphatic carboxylic acids is 1. The molecule has 0 aliphatic carbocycles. The van der Waals surface area contributed by atoms with Crippen molar-refractivity contribution in [3.8, 4) is 0 Å². The standard InChI is InChI=1S/C15H20O4/c1-15(2,3)12(14(17)18)9-13(16)19-10-11-7-5-4-6-8-11/h4-8,12H,9-10H2,1-3H3,(H,17,18)/t12-/m0/s1. The van der Waals surface area contributed by atoms with Crippen molar-refractivity contribution in [3.63, 3.8) is 0 Å². The van der Waals surface area contributed by atoms with Crippen molar-refractivity contribution in [2.45, 2.75) is 33.8 Å². The molecule has 0 saturated heterocycles. The summed E-state index contributed by atoms with van der Waals surface area (Å²) in [7, 11) is 0. The van der Waals surface area contributed by atoms with Crippen LogP contribution in [0.1, 0.15) is 32.8 Å². The van der Waals surface area contributed by atoms with Crippen LogP contribution >= 0.6 is 0 Å². The molecule has 0 aliphatic rings. The number of rotatable bonds is 5. The third-order valence-electron chi connectivity index (χ3n) is 2.96. The minimum Gasteiger partial charge on any atom is -0.481 e. The Bertz CT molecular complexity index is 431. The molecule has 1 atom stereocenters. The number of ether oxygens (including phenoxy) is 1. The van der Waals surface area contributed by atoms with Gasteiger partial charge in [0.25, 0.3) is 0 Å². The molecule has 0 aromatic heterocycles. The predicted octanol–water partition coefficient (Wildman–Crippen LogP) is 2.87. The molecule has 1 aromatic carbocycles. The van der Waals surface area contributed by atoms with Gasteiger partial charge in [-0.15, -0.1) is 0 Å². The monoisotopic (exact) mass is 264 g/mol. The van der Waals surface area contributed by atoms with Gasteiger partial charge in [0.15, 0.2) is 0 Å². The van der Waals surface area contributed by atoms with E-state index in [1.165, 1.54) is 0 Å². The highest BCUT2D eigenvalue weighted by Gasteiger charge is 2.33. The molecule has 0 saturated carbocycles. The molecule has 4 heteroatoms. The molecule has 0 bridgehead atoms. The molecule has 19 heavy (non-hydrogen) atoms. The number of esters is 1. The van der Waals surface area contributed by atoms with Crippen molar-refractivity contribution >= 4 is 11.9 Å². The van der Waals surface area contributed by atoms with Crippen molar-refractivity contribution in [1.29, 1.82) is 0 Å². The fourth-order valence-corrected chi connectivity index (χ4v) is 1.73. The highest BCUT2D eigenvalue weighted by atomic mass is 16.5. The number of carbonyl (C=O) groups is 2.